The molecule has 1 heterocycles. The lowest BCUT2D eigenvalue weighted by atomic mass is 10.2. The first-order chi connectivity index (χ1) is 8.69. The molecule has 2 rings (SSSR count). The second kappa shape index (κ2) is 5.84. The van der Waals surface area contributed by atoms with Gasteiger partial charge in [0.15, 0.2) is 6.61 Å². The van der Waals surface area contributed by atoms with Crippen LogP contribution in [0.5, 0.6) is 5.75 Å². The summed E-state index contributed by atoms with van der Waals surface area (Å²) in [6, 6.07) is 7.62. The lowest BCUT2D eigenvalue weighted by Crippen LogP contribution is -2.34. The molecule has 1 aliphatic rings. The van der Waals surface area contributed by atoms with Crippen molar-refractivity contribution in [3.05, 3.63) is 29.8 Å². The zero-order valence-corrected chi connectivity index (χ0v) is 10.5. The Labute approximate surface area is 106 Å². The lowest BCUT2D eigenvalue weighted by Gasteiger charge is -2.16. The first kappa shape index (κ1) is 12.9. The van der Waals surface area contributed by atoms with Gasteiger partial charge in [0.25, 0.3) is 5.91 Å². The Morgan fingerprint density at radius 1 is 1.44 bits per heavy atom. The number of amides is 1. The monoisotopic (exact) mass is 250 g/mol. The van der Waals surface area contributed by atoms with Crippen molar-refractivity contribution in [2.24, 2.45) is 5.90 Å². The number of benzene rings is 1. The zero-order chi connectivity index (χ0) is 13.0. The topological polar surface area (TPSA) is 64.8 Å². The van der Waals surface area contributed by atoms with Crippen molar-refractivity contribution in [2.75, 3.05) is 19.7 Å². The van der Waals surface area contributed by atoms with E-state index in [-0.39, 0.29) is 18.6 Å². The van der Waals surface area contributed by atoms with Crippen LogP contribution >= 0.6 is 0 Å². The minimum absolute atomic E-state index is 0.0323. The minimum atomic E-state index is -0.0478. The molecule has 0 spiro atoms. The van der Waals surface area contributed by atoms with Crippen LogP contribution in [0.3, 0.4) is 0 Å². The Kier molecular flexibility index (Phi) is 4.17. The summed E-state index contributed by atoms with van der Waals surface area (Å²) in [6.45, 7) is 3.29. The first-order valence-electron chi connectivity index (χ1n) is 6.02. The van der Waals surface area contributed by atoms with Crippen molar-refractivity contribution in [2.45, 2.75) is 19.4 Å². The summed E-state index contributed by atoms with van der Waals surface area (Å²) in [5.74, 6) is 5.78. The fraction of sp³-hybridized carbons (Fsp3) is 0.462. The van der Waals surface area contributed by atoms with Crippen LogP contribution in [0.15, 0.2) is 24.3 Å². The summed E-state index contributed by atoms with van der Waals surface area (Å²) in [6.07, 6.45) is 0.737. The van der Waals surface area contributed by atoms with Gasteiger partial charge in [-0.25, -0.2) is 5.90 Å². The highest BCUT2D eigenvalue weighted by molar-refractivity contribution is 5.78. The van der Waals surface area contributed by atoms with E-state index in [4.69, 9.17) is 15.5 Å². The average Bonchev–Trinajstić information content (AvgIpc) is 2.86. The summed E-state index contributed by atoms with van der Waals surface area (Å²) >= 11 is 0. The maximum absolute atomic E-state index is 11.9. The summed E-state index contributed by atoms with van der Waals surface area (Å²) in [5.41, 5.74) is 1.16. The lowest BCUT2D eigenvalue weighted by molar-refractivity contribution is -0.132. The predicted octanol–water partition coefficient (Wildman–Crippen LogP) is 0.865. The third-order valence-corrected chi connectivity index (χ3v) is 3.07. The van der Waals surface area contributed by atoms with Gasteiger partial charge in [0, 0.05) is 13.1 Å². The molecule has 18 heavy (non-hydrogen) atoms. The summed E-state index contributed by atoms with van der Waals surface area (Å²) in [7, 11) is 0. The van der Waals surface area contributed by atoms with Gasteiger partial charge in [0.05, 0.1) is 6.10 Å². The Morgan fingerprint density at radius 2 is 2.17 bits per heavy atom. The normalized spacial score (nSPS) is 19.0. The van der Waals surface area contributed by atoms with Crippen LogP contribution in [0.1, 0.15) is 12.0 Å². The van der Waals surface area contributed by atoms with E-state index in [1.807, 2.05) is 31.2 Å². The molecule has 1 unspecified atom stereocenters. The van der Waals surface area contributed by atoms with Gasteiger partial charge in [-0.1, -0.05) is 17.7 Å². The molecular formula is C13H18N2O3. The molecule has 0 aromatic heterocycles. The molecule has 1 atom stereocenters. The summed E-state index contributed by atoms with van der Waals surface area (Å²) in [4.78, 5) is 18.3. The van der Waals surface area contributed by atoms with Crippen molar-refractivity contribution >= 4 is 5.91 Å². The molecule has 0 radical (unpaired) electrons. The number of likely N-dealkylation sites (tertiary alicyclic amines) is 1. The van der Waals surface area contributed by atoms with Crippen molar-refractivity contribution in [1.29, 1.82) is 0 Å². The SMILES string of the molecule is Cc1ccc(OCC(=O)N2CCC(ON)C2)cc1. The van der Waals surface area contributed by atoms with E-state index in [1.54, 1.807) is 4.90 Å². The Morgan fingerprint density at radius 3 is 2.78 bits per heavy atom. The predicted molar refractivity (Wildman–Crippen MR) is 66.9 cm³/mol. The van der Waals surface area contributed by atoms with Gasteiger partial charge >= 0.3 is 0 Å². The van der Waals surface area contributed by atoms with Crippen LogP contribution in [-0.2, 0) is 9.63 Å². The van der Waals surface area contributed by atoms with Crippen LogP contribution in [0.2, 0.25) is 0 Å². The summed E-state index contributed by atoms with van der Waals surface area (Å²) < 4.78 is 5.44. The molecule has 1 saturated heterocycles. The molecule has 1 aromatic carbocycles. The van der Waals surface area contributed by atoms with E-state index < -0.39 is 0 Å². The van der Waals surface area contributed by atoms with Crippen molar-refractivity contribution in [3.63, 3.8) is 0 Å². The molecule has 0 aliphatic carbocycles. The average molecular weight is 250 g/mol. The van der Waals surface area contributed by atoms with Gasteiger partial charge in [0.1, 0.15) is 5.75 Å². The molecule has 1 amide bonds. The third kappa shape index (κ3) is 3.21. The van der Waals surface area contributed by atoms with E-state index in [9.17, 15) is 4.79 Å². The molecule has 5 nitrogen and oxygen atoms in total. The number of carbonyl (C=O) groups excluding carboxylic acids is 1. The molecule has 0 saturated carbocycles. The Balaban J connectivity index is 1.80. The van der Waals surface area contributed by atoms with Crippen LogP contribution in [0.4, 0.5) is 0 Å². The third-order valence-electron chi connectivity index (χ3n) is 3.07. The molecule has 1 aliphatic heterocycles. The second-order valence-corrected chi connectivity index (χ2v) is 4.49. The molecule has 1 aromatic rings. The van der Waals surface area contributed by atoms with E-state index in [2.05, 4.69) is 0 Å². The molecule has 1 fully saturated rings. The zero-order valence-electron chi connectivity index (χ0n) is 10.5. The number of nitrogens with zero attached hydrogens (tertiary/aromatic N) is 1. The number of hydrogen-bond donors (Lipinski definition) is 1. The molecular weight excluding hydrogens is 232 g/mol. The second-order valence-electron chi connectivity index (χ2n) is 4.49. The highest BCUT2D eigenvalue weighted by Gasteiger charge is 2.26. The molecule has 5 heteroatoms. The van der Waals surface area contributed by atoms with Crippen molar-refractivity contribution < 1.29 is 14.4 Å². The van der Waals surface area contributed by atoms with Gasteiger partial charge in [-0.3, -0.25) is 9.63 Å². The maximum atomic E-state index is 11.9. The fourth-order valence-corrected chi connectivity index (χ4v) is 1.94. The fourth-order valence-electron chi connectivity index (χ4n) is 1.94. The van der Waals surface area contributed by atoms with Gasteiger partial charge in [-0.05, 0) is 25.5 Å². The number of aryl methyl sites for hydroxylation is 1. The van der Waals surface area contributed by atoms with Gasteiger partial charge < -0.3 is 9.64 Å². The van der Waals surface area contributed by atoms with Crippen molar-refractivity contribution in [1.82, 2.24) is 4.90 Å². The maximum Gasteiger partial charge on any atom is 0.260 e. The molecule has 98 valence electrons. The first-order valence-corrected chi connectivity index (χ1v) is 6.02. The number of carbonyl (C=O) groups is 1. The van der Waals surface area contributed by atoms with Gasteiger partial charge in [-0.2, -0.15) is 0 Å². The van der Waals surface area contributed by atoms with E-state index in [0.29, 0.717) is 18.8 Å². The number of nitrogens with two attached hydrogens (primary N) is 1. The van der Waals surface area contributed by atoms with Crippen LogP contribution < -0.4 is 10.6 Å². The standard InChI is InChI=1S/C13H18N2O3/c1-10-2-4-11(5-3-10)17-9-13(16)15-7-6-12(8-15)18-14/h2-5,12H,6-9,14H2,1H3. The van der Waals surface area contributed by atoms with E-state index in [0.717, 1.165) is 12.0 Å². The van der Waals surface area contributed by atoms with E-state index >= 15 is 0 Å². The van der Waals surface area contributed by atoms with Crippen LogP contribution in [0.25, 0.3) is 0 Å². The minimum Gasteiger partial charge on any atom is -0.484 e. The number of hydrogen-bond acceptors (Lipinski definition) is 4. The van der Waals surface area contributed by atoms with Gasteiger partial charge in [0.2, 0.25) is 0 Å². The van der Waals surface area contributed by atoms with Gasteiger partial charge in [-0.15, -0.1) is 0 Å². The highest BCUT2D eigenvalue weighted by atomic mass is 16.6. The molecule has 0 bridgehead atoms. The van der Waals surface area contributed by atoms with Crippen LogP contribution in [-0.4, -0.2) is 36.6 Å². The Bertz CT molecular complexity index is 405. The number of ether oxygens (including phenoxy) is 1. The highest BCUT2D eigenvalue weighted by Crippen LogP contribution is 2.14. The number of rotatable bonds is 4. The quantitative estimate of drug-likeness (QED) is 0.805. The smallest absolute Gasteiger partial charge is 0.260 e. The largest absolute Gasteiger partial charge is 0.484 e. The summed E-state index contributed by atoms with van der Waals surface area (Å²) in [5, 5.41) is 0. The van der Waals surface area contributed by atoms with Crippen molar-refractivity contribution in [3.8, 4) is 5.75 Å². The van der Waals surface area contributed by atoms with Crippen LogP contribution in [0, 0.1) is 6.92 Å². The van der Waals surface area contributed by atoms with E-state index in [1.165, 1.54) is 0 Å². The molecule has 2 N–H and O–H groups in total. The Hall–Kier alpha value is -1.59.